The van der Waals surface area contributed by atoms with Gasteiger partial charge in [0.2, 0.25) is 11.6 Å². The van der Waals surface area contributed by atoms with Gasteiger partial charge in [-0.25, -0.2) is 9.97 Å². The largest absolute Gasteiger partial charge is 0.492 e. The number of hydrogen-bond donors (Lipinski definition) is 1. The van der Waals surface area contributed by atoms with E-state index >= 15 is 0 Å². The molecule has 1 fully saturated rings. The number of hydrogen-bond acceptors (Lipinski definition) is 7. The normalized spacial score (nSPS) is 17.0. The molecule has 1 saturated heterocycles. The van der Waals surface area contributed by atoms with Gasteiger partial charge in [-0.15, -0.1) is 0 Å². The fraction of sp³-hybridized carbons (Fsp3) is 0.444. The Labute approximate surface area is 152 Å². The van der Waals surface area contributed by atoms with Gasteiger partial charge in [0.25, 0.3) is 0 Å². The van der Waals surface area contributed by atoms with Gasteiger partial charge < -0.3 is 15.0 Å². The summed E-state index contributed by atoms with van der Waals surface area (Å²) in [6.07, 6.45) is 4.50. The van der Waals surface area contributed by atoms with Gasteiger partial charge in [-0.3, -0.25) is 10.1 Å². The number of para-hydroxylation sites is 2. The lowest BCUT2D eigenvalue weighted by Crippen LogP contribution is -2.38. The third-order valence-electron chi connectivity index (χ3n) is 4.50. The summed E-state index contributed by atoms with van der Waals surface area (Å²) in [5.74, 6) is 1.16. The molecule has 1 aromatic carbocycles. The molecule has 1 N–H and O–H groups in total. The number of benzene rings is 1. The smallest absolute Gasteiger partial charge is 0.353 e. The molecule has 0 spiro atoms. The van der Waals surface area contributed by atoms with Gasteiger partial charge in [0, 0.05) is 12.6 Å². The Hall–Kier alpha value is -2.90. The van der Waals surface area contributed by atoms with Crippen LogP contribution in [0.25, 0.3) is 0 Å². The average molecular weight is 357 g/mol. The van der Waals surface area contributed by atoms with Crippen LogP contribution in [0.3, 0.4) is 0 Å². The molecule has 2 aromatic rings. The Morgan fingerprint density at radius 3 is 2.88 bits per heavy atom. The third kappa shape index (κ3) is 3.68. The topological polar surface area (TPSA) is 93.4 Å². The van der Waals surface area contributed by atoms with Gasteiger partial charge in [-0.2, -0.15) is 0 Å². The predicted molar refractivity (Wildman–Crippen MR) is 100 cm³/mol. The number of piperidine rings is 1. The molecule has 26 heavy (non-hydrogen) atoms. The lowest BCUT2D eigenvalue weighted by Gasteiger charge is -2.33. The maximum Gasteiger partial charge on any atom is 0.353 e. The quantitative estimate of drug-likeness (QED) is 0.619. The zero-order chi connectivity index (χ0) is 18.5. The molecule has 8 heteroatoms. The summed E-state index contributed by atoms with van der Waals surface area (Å²) < 4.78 is 5.59. The number of nitrogens with zero attached hydrogens (tertiary/aromatic N) is 4. The molecule has 1 aliphatic heterocycles. The van der Waals surface area contributed by atoms with E-state index in [9.17, 15) is 10.1 Å². The summed E-state index contributed by atoms with van der Waals surface area (Å²) in [7, 11) is 0. The maximum atomic E-state index is 11.8. The number of anilines is 3. The van der Waals surface area contributed by atoms with Gasteiger partial charge in [-0.05, 0) is 45.2 Å². The van der Waals surface area contributed by atoms with Gasteiger partial charge in [0.05, 0.1) is 17.2 Å². The van der Waals surface area contributed by atoms with Crippen molar-refractivity contribution >= 4 is 23.0 Å². The Morgan fingerprint density at radius 1 is 1.35 bits per heavy atom. The van der Waals surface area contributed by atoms with Gasteiger partial charge in [-0.1, -0.05) is 12.1 Å². The van der Waals surface area contributed by atoms with E-state index in [-0.39, 0.29) is 17.5 Å². The first-order chi connectivity index (χ1) is 12.6. The van der Waals surface area contributed by atoms with Crippen LogP contribution in [-0.2, 0) is 0 Å². The van der Waals surface area contributed by atoms with E-state index in [1.165, 1.54) is 6.33 Å². The second-order valence-electron chi connectivity index (χ2n) is 6.24. The highest BCUT2D eigenvalue weighted by Crippen LogP contribution is 2.37. The minimum atomic E-state index is -0.414. The molecule has 0 aliphatic carbocycles. The van der Waals surface area contributed by atoms with Crippen molar-refractivity contribution in [1.82, 2.24) is 9.97 Å². The average Bonchev–Trinajstić information content (AvgIpc) is 2.63. The van der Waals surface area contributed by atoms with E-state index in [0.29, 0.717) is 23.9 Å². The van der Waals surface area contributed by atoms with E-state index in [1.54, 1.807) is 6.07 Å². The highest BCUT2D eigenvalue weighted by atomic mass is 16.6. The maximum absolute atomic E-state index is 11.8. The van der Waals surface area contributed by atoms with Crippen LogP contribution in [0.15, 0.2) is 30.6 Å². The van der Waals surface area contributed by atoms with Crippen LogP contribution < -0.4 is 15.0 Å². The second-order valence-corrected chi connectivity index (χ2v) is 6.24. The second kappa shape index (κ2) is 7.99. The zero-order valence-electron chi connectivity index (χ0n) is 15.0. The first-order valence-corrected chi connectivity index (χ1v) is 8.86. The number of aromatic nitrogens is 2. The summed E-state index contributed by atoms with van der Waals surface area (Å²) >= 11 is 0. The van der Waals surface area contributed by atoms with Gasteiger partial charge in [0.1, 0.15) is 12.1 Å². The first kappa shape index (κ1) is 17.9. The van der Waals surface area contributed by atoms with Crippen molar-refractivity contribution in [3.8, 4) is 5.75 Å². The van der Waals surface area contributed by atoms with Crippen molar-refractivity contribution in [2.75, 3.05) is 23.4 Å². The van der Waals surface area contributed by atoms with E-state index in [1.807, 2.05) is 30.0 Å². The molecule has 138 valence electrons. The van der Waals surface area contributed by atoms with Crippen LogP contribution in [0.1, 0.15) is 33.1 Å². The molecule has 0 bridgehead atoms. The SMILES string of the molecule is CCOc1ccccc1Nc1ncnc(N2CCCCC2C)c1[N+](=O)[O-]. The molecule has 1 aromatic heterocycles. The Kier molecular flexibility index (Phi) is 5.50. The molecule has 0 amide bonds. The van der Waals surface area contributed by atoms with Crippen molar-refractivity contribution in [2.45, 2.75) is 39.2 Å². The fourth-order valence-electron chi connectivity index (χ4n) is 3.23. The van der Waals surface area contributed by atoms with Crippen molar-refractivity contribution in [3.05, 3.63) is 40.7 Å². The molecule has 0 radical (unpaired) electrons. The Morgan fingerprint density at radius 2 is 2.15 bits per heavy atom. The van der Waals surface area contributed by atoms with Crippen molar-refractivity contribution in [3.63, 3.8) is 0 Å². The third-order valence-corrected chi connectivity index (χ3v) is 4.50. The van der Waals surface area contributed by atoms with E-state index in [0.717, 1.165) is 25.8 Å². The lowest BCUT2D eigenvalue weighted by atomic mass is 10.0. The number of ether oxygens (including phenoxy) is 1. The van der Waals surface area contributed by atoms with Crippen LogP contribution in [0.4, 0.5) is 23.0 Å². The molecule has 2 heterocycles. The van der Waals surface area contributed by atoms with Crippen molar-refractivity contribution in [1.29, 1.82) is 0 Å². The van der Waals surface area contributed by atoms with Crippen LogP contribution >= 0.6 is 0 Å². The van der Waals surface area contributed by atoms with Crippen molar-refractivity contribution < 1.29 is 9.66 Å². The molecule has 0 saturated carbocycles. The summed E-state index contributed by atoms with van der Waals surface area (Å²) in [5, 5.41) is 14.9. The van der Waals surface area contributed by atoms with E-state index < -0.39 is 4.92 Å². The highest BCUT2D eigenvalue weighted by molar-refractivity contribution is 5.76. The van der Waals surface area contributed by atoms with Crippen LogP contribution in [0.5, 0.6) is 5.75 Å². The van der Waals surface area contributed by atoms with Gasteiger partial charge >= 0.3 is 5.69 Å². The van der Waals surface area contributed by atoms with E-state index in [2.05, 4.69) is 22.2 Å². The molecule has 1 unspecified atom stereocenters. The van der Waals surface area contributed by atoms with E-state index in [4.69, 9.17) is 4.74 Å². The number of nitro groups is 1. The van der Waals surface area contributed by atoms with Crippen LogP contribution in [-0.4, -0.2) is 34.1 Å². The molecular formula is C18H23N5O3. The minimum absolute atomic E-state index is 0.104. The van der Waals surface area contributed by atoms with Gasteiger partial charge in [0.15, 0.2) is 0 Å². The Balaban J connectivity index is 2.00. The summed E-state index contributed by atoms with van der Waals surface area (Å²) in [5.41, 5.74) is 0.529. The monoisotopic (exact) mass is 357 g/mol. The zero-order valence-corrected chi connectivity index (χ0v) is 15.0. The number of rotatable bonds is 6. The predicted octanol–water partition coefficient (Wildman–Crippen LogP) is 3.91. The summed E-state index contributed by atoms with van der Waals surface area (Å²) in [4.78, 5) is 21.8. The molecular weight excluding hydrogens is 334 g/mol. The molecule has 1 aliphatic rings. The van der Waals surface area contributed by atoms with Crippen LogP contribution in [0, 0.1) is 10.1 Å². The standard InChI is InChI=1S/C18H23N5O3/c1-3-26-15-10-5-4-9-14(15)21-17-16(23(24)25)18(20-12-19-17)22-11-7-6-8-13(22)2/h4-5,9-10,12-13H,3,6-8,11H2,1-2H3,(H,19,20,21). The number of nitrogens with one attached hydrogen (secondary N) is 1. The summed E-state index contributed by atoms with van der Waals surface area (Å²) in [6, 6.07) is 7.52. The van der Waals surface area contributed by atoms with Crippen molar-refractivity contribution in [2.24, 2.45) is 0 Å². The molecule has 8 nitrogen and oxygen atoms in total. The Bertz CT molecular complexity index is 783. The van der Waals surface area contributed by atoms with Crippen LogP contribution in [0.2, 0.25) is 0 Å². The lowest BCUT2D eigenvalue weighted by molar-refractivity contribution is -0.383. The minimum Gasteiger partial charge on any atom is -0.492 e. The molecule has 1 atom stereocenters. The highest BCUT2D eigenvalue weighted by Gasteiger charge is 2.31. The summed E-state index contributed by atoms with van der Waals surface area (Å²) in [6.45, 7) is 5.22. The first-order valence-electron chi connectivity index (χ1n) is 8.86. The molecule has 3 rings (SSSR count). The fourth-order valence-corrected chi connectivity index (χ4v) is 3.23.